The Morgan fingerprint density at radius 3 is 2.30 bits per heavy atom. The number of hydrogen-bond acceptors (Lipinski definition) is 15. The van der Waals surface area contributed by atoms with Crippen molar-refractivity contribution in [3.05, 3.63) is 0 Å². The Kier molecular flexibility index (Phi) is 14.3. The van der Waals surface area contributed by atoms with Gasteiger partial charge in [0.1, 0.15) is 18.2 Å². The number of aliphatic hydroxyl groups is 3. The number of nitrogens with one attached hydrogen (secondary N) is 6. The van der Waals surface area contributed by atoms with Gasteiger partial charge in [-0.05, 0) is 25.7 Å². The molecule has 266 valence electrons. The van der Waals surface area contributed by atoms with Crippen LogP contribution in [-0.4, -0.2) is 138 Å². The number of ether oxygens (including phenoxy) is 2. The molecule has 3 heterocycles. The SMILES string of the molecule is CC(=O)NCCC[C@H](N)CC(=O)NCCC[C@H](N)CC(=O)N[C@@H]1[C@@H](O)[C@@H](OC(N)=O)[C@@H](CO)O[C@H]1NC1=N[C@@H]2C(=O)NC[C@H](O)[C@H]2N1. The lowest BCUT2D eigenvalue weighted by Crippen LogP contribution is -2.70. The lowest BCUT2D eigenvalue weighted by atomic mass is 9.95. The minimum Gasteiger partial charge on any atom is -0.441 e. The molecular formula is C27H48N10O10. The summed E-state index contributed by atoms with van der Waals surface area (Å²) in [6.07, 6.45) is -5.72. The van der Waals surface area contributed by atoms with E-state index in [2.05, 4.69) is 36.9 Å². The molecule has 0 aromatic heterocycles. The summed E-state index contributed by atoms with van der Waals surface area (Å²) in [5.74, 6) is -1.32. The summed E-state index contributed by atoms with van der Waals surface area (Å²) in [6, 6.07) is -3.92. The van der Waals surface area contributed by atoms with Gasteiger partial charge in [0.15, 0.2) is 24.3 Å². The fourth-order valence-corrected chi connectivity index (χ4v) is 5.56. The fraction of sp³-hybridized carbons (Fsp3) is 0.778. The standard InChI is InChI=1S/C27H48N10O10/c1-12(39)31-6-2-4-13(28)8-17(41)32-7-3-5-14(29)9-18(42)34-21-22(43)23(47-26(30)45)16(11-38)46-25(21)37-27-35-19-15(40)10-33-24(44)20(19)36-27/h13-16,19-23,25,38,40,43H,2-11,28-29H2,1H3,(H2,30,45)(H,31,39)(H,32,41)(H,33,44)(H,34,42)(H2,35,36,37)/t13-,14-,15-,16+,19+,20-,21+,22+,23-,25+/m0/s1. The van der Waals surface area contributed by atoms with Crippen molar-refractivity contribution < 1.29 is 48.8 Å². The summed E-state index contributed by atoms with van der Waals surface area (Å²) in [5.41, 5.74) is 17.3. The van der Waals surface area contributed by atoms with Crippen LogP contribution in [0.1, 0.15) is 45.4 Å². The van der Waals surface area contributed by atoms with E-state index >= 15 is 0 Å². The zero-order valence-electron chi connectivity index (χ0n) is 26.2. The summed E-state index contributed by atoms with van der Waals surface area (Å²) in [4.78, 5) is 64.1. The molecule has 0 spiro atoms. The molecule has 0 bridgehead atoms. The minimum atomic E-state index is -1.61. The molecule has 15 N–H and O–H groups in total. The molecule has 0 radical (unpaired) electrons. The second-order valence-corrected chi connectivity index (χ2v) is 11.9. The normalized spacial score (nSPS) is 29.6. The number of aliphatic imine (C=N–C) groups is 1. The maximum absolute atomic E-state index is 13.0. The number of nitrogens with two attached hydrogens (primary N) is 3. The third-order valence-electron chi connectivity index (χ3n) is 7.93. The molecule has 0 aromatic carbocycles. The Hall–Kier alpha value is -3.82. The Morgan fingerprint density at radius 2 is 1.70 bits per heavy atom. The number of hydrogen-bond donors (Lipinski definition) is 12. The molecule has 47 heavy (non-hydrogen) atoms. The van der Waals surface area contributed by atoms with Gasteiger partial charge in [0.2, 0.25) is 23.6 Å². The Labute approximate surface area is 271 Å². The maximum atomic E-state index is 13.0. The van der Waals surface area contributed by atoms with Crippen LogP contribution in [0.3, 0.4) is 0 Å². The van der Waals surface area contributed by atoms with Gasteiger partial charge in [-0.15, -0.1) is 0 Å². The topological polar surface area (TPSA) is 327 Å². The monoisotopic (exact) mass is 672 g/mol. The number of rotatable bonds is 16. The van der Waals surface area contributed by atoms with Gasteiger partial charge in [0.25, 0.3) is 0 Å². The van der Waals surface area contributed by atoms with Gasteiger partial charge in [0, 0.05) is 51.5 Å². The second-order valence-electron chi connectivity index (χ2n) is 11.9. The molecule has 0 aromatic rings. The van der Waals surface area contributed by atoms with Crippen LogP contribution < -0.4 is 49.1 Å². The highest BCUT2D eigenvalue weighted by Crippen LogP contribution is 2.24. The minimum absolute atomic E-state index is 0.0226. The van der Waals surface area contributed by atoms with Gasteiger partial charge in [-0.1, -0.05) is 0 Å². The predicted molar refractivity (Wildman–Crippen MR) is 164 cm³/mol. The molecular weight excluding hydrogens is 624 g/mol. The molecule has 3 aliphatic heterocycles. The molecule has 5 amide bonds. The first-order valence-electron chi connectivity index (χ1n) is 15.6. The largest absolute Gasteiger partial charge is 0.441 e. The Balaban J connectivity index is 1.51. The quantitative estimate of drug-likeness (QED) is 0.0680. The molecule has 0 unspecified atom stereocenters. The van der Waals surface area contributed by atoms with Crippen LogP contribution in [0.15, 0.2) is 4.99 Å². The summed E-state index contributed by atoms with van der Waals surface area (Å²) in [6.45, 7) is 1.56. The van der Waals surface area contributed by atoms with Crippen molar-refractivity contribution in [3.8, 4) is 0 Å². The van der Waals surface area contributed by atoms with E-state index in [-0.39, 0.29) is 43.2 Å². The van der Waals surface area contributed by atoms with Crippen LogP contribution in [0.25, 0.3) is 0 Å². The summed E-state index contributed by atoms with van der Waals surface area (Å²) < 4.78 is 10.8. The van der Waals surface area contributed by atoms with E-state index < -0.39 is 79.3 Å². The Bertz CT molecular complexity index is 1150. The molecule has 20 nitrogen and oxygen atoms in total. The van der Waals surface area contributed by atoms with Gasteiger partial charge >= 0.3 is 6.09 Å². The third kappa shape index (κ3) is 11.4. The van der Waals surface area contributed by atoms with Gasteiger partial charge in [-0.2, -0.15) is 0 Å². The van der Waals surface area contributed by atoms with Crippen LogP contribution in [0.5, 0.6) is 0 Å². The predicted octanol–water partition coefficient (Wildman–Crippen LogP) is -5.96. The van der Waals surface area contributed by atoms with Gasteiger partial charge in [-0.25, -0.2) is 9.79 Å². The van der Waals surface area contributed by atoms with E-state index in [1.807, 2.05) is 0 Å². The van der Waals surface area contributed by atoms with Crippen molar-refractivity contribution in [1.29, 1.82) is 0 Å². The maximum Gasteiger partial charge on any atom is 0.404 e. The average Bonchev–Trinajstić information content (AvgIpc) is 3.43. The smallest absolute Gasteiger partial charge is 0.404 e. The number of carbonyl (C=O) groups is 5. The van der Waals surface area contributed by atoms with Gasteiger partial charge in [-0.3, -0.25) is 19.2 Å². The van der Waals surface area contributed by atoms with E-state index in [0.717, 1.165) is 0 Å². The van der Waals surface area contributed by atoms with Crippen molar-refractivity contribution in [2.45, 2.75) is 106 Å². The highest BCUT2D eigenvalue weighted by molar-refractivity contribution is 5.92. The molecule has 2 fully saturated rings. The van der Waals surface area contributed by atoms with Gasteiger partial charge in [0.05, 0.1) is 18.8 Å². The third-order valence-corrected chi connectivity index (χ3v) is 7.93. The first-order valence-corrected chi connectivity index (χ1v) is 15.6. The van der Waals surface area contributed by atoms with E-state index in [1.54, 1.807) is 0 Å². The summed E-state index contributed by atoms with van der Waals surface area (Å²) >= 11 is 0. The highest BCUT2D eigenvalue weighted by Gasteiger charge is 2.49. The lowest BCUT2D eigenvalue weighted by Gasteiger charge is -2.44. The molecule has 2 saturated heterocycles. The van der Waals surface area contributed by atoms with Crippen molar-refractivity contribution in [2.75, 3.05) is 26.2 Å². The number of guanidine groups is 1. The Morgan fingerprint density at radius 1 is 1.06 bits per heavy atom. The number of carbonyl (C=O) groups excluding carboxylic acids is 5. The van der Waals surface area contributed by atoms with Crippen LogP contribution in [-0.2, 0) is 28.7 Å². The van der Waals surface area contributed by atoms with Crippen LogP contribution in [0.2, 0.25) is 0 Å². The van der Waals surface area contributed by atoms with Crippen molar-refractivity contribution in [2.24, 2.45) is 22.2 Å². The van der Waals surface area contributed by atoms with E-state index in [0.29, 0.717) is 38.8 Å². The summed E-state index contributed by atoms with van der Waals surface area (Å²) in [5, 5.41) is 47.6. The van der Waals surface area contributed by atoms with Crippen molar-refractivity contribution in [1.82, 2.24) is 31.9 Å². The highest BCUT2D eigenvalue weighted by atomic mass is 16.6. The fourth-order valence-electron chi connectivity index (χ4n) is 5.56. The molecule has 20 heteroatoms. The first kappa shape index (κ1) is 37.6. The second kappa shape index (κ2) is 17.9. The molecule has 10 atom stereocenters. The molecule has 0 aliphatic carbocycles. The molecule has 3 rings (SSSR count). The van der Waals surface area contributed by atoms with E-state index in [1.165, 1.54) is 6.92 Å². The van der Waals surface area contributed by atoms with E-state index in [4.69, 9.17) is 26.7 Å². The number of fused-ring (bicyclic) bond motifs is 1. The van der Waals surface area contributed by atoms with E-state index in [9.17, 15) is 39.3 Å². The number of nitrogens with zero attached hydrogens (tertiary/aromatic N) is 1. The summed E-state index contributed by atoms with van der Waals surface area (Å²) in [7, 11) is 0. The van der Waals surface area contributed by atoms with Crippen LogP contribution in [0.4, 0.5) is 4.79 Å². The average molecular weight is 673 g/mol. The number of primary amides is 1. The van der Waals surface area contributed by atoms with Crippen molar-refractivity contribution in [3.63, 3.8) is 0 Å². The molecule has 3 aliphatic rings. The molecule has 0 saturated carbocycles. The zero-order valence-corrected chi connectivity index (χ0v) is 26.2. The zero-order chi connectivity index (χ0) is 34.7. The number of aliphatic hydroxyl groups excluding tert-OH is 3. The van der Waals surface area contributed by atoms with Crippen molar-refractivity contribution >= 4 is 35.7 Å². The number of piperidine rings is 1. The van der Waals surface area contributed by atoms with Crippen LogP contribution in [0, 0.1) is 0 Å². The number of amides is 5. The lowest BCUT2D eigenvalue weighted by molar-refractivity contribution is -0.198. The van der Waals surface area contributed by atoms with Crippen LogP contribution >= 0.6 is 0 Å². The van der Waals surface area contributed by atoms with Gasteiger partial charge < -0.3 is 73.9 Å². The first-order chi connectivity index (χ1) is 22.3. The number of β-amino-alcohol motifs (C(OH)–C–C–N with tert-alkyl or cyclic N) is 1.